The number of halogens is 1. The minimum Gasteiger partial charge on any atom is -0.494 e. The number of methoxy groups -OCH3 is 1. The second-order valence-electron chi connectivity index (χ2n) is 6.20. The van der Waals surface area contributed by atoms with Gasteiger partial charge in [-0.15, -0.1) is 0 Å². The van der Waals surface area contributed by atoms with Crippen molar-refractivity contribution in [2.45, 2.75) is 19.3 Å². The summed E-state index contributed by atoms with van der Waals surface area (Å²) in [6.45, 7) is 1.45. The number of ether oxygens (including phenoxy) is 1. The summed E-state index contributed by atoms with van der Waals surface area (Å²) in [5.74, 6) is -1.12. The zero-order valence-corrected chi connectivity index (χ0v) is 14.6. The van der Waals surface area contributed by atoms with Gasteiger partial charge in [0.2, 0.25) is 0 Å². The van der Waals surface area contributed by atoms with E-state index in [1.807, 2.05) is 4.90 Å². The number of hydrogen-bond acceptors (Lipinski definition) is 3. The Morgan fingerprint density at radius 1 is 1.08 bits per heavy atom. The molecule has 0 aromatic heterocycles. The molecule has 1 saturated heterocycles. The third-order valence-electron chi connectivity index (χ3n) is 4.46. The van der Waals surface area contributed by atoms with Crippen LogP contribution in [0.4, 0.5) is 10.1 Å². The zero-order chi connectivity index (χ0) is 18.5. The minimum atomic E-state index is -0.613. The number of nitrogens with one attached hydrogen (secondary N) is 1. The summed E-state index contributed by atoms with van der Waals surface area (Å²) in [6, 6.07) is 10.9. The number of carbonyl (C=O) groups excluding carboxylic acids is 2. The Morgan fingerprint density at radius 3 is 2.50 bits per heavy atom. The molecule has 1 heterocycles. The van der Waals surface area contributed by atoms with Gasteiger partial charge in [-0.25, -0.2) is 4.39 Å². The molecule has 1 aliphatic heterocycles. The van der Waals surface area contributed by atoms with Crippen molar-refractivity contribution >= 4 is 17.5 Å². The van der Waals surface area contributed by atoms with Gasteiger partial charge in [0, 0.05) is 18.7 Å². The fourth-order valence-electron chi connectivity index (χ4n) is 3.05. The van der Waals surface area contributed by atoms with E-state index in [9.17, 15) is 14.0 Å². The highest BCUT2D eigenvalue weighted by atomic mass is 19.1. The smallest absolute Gasteiger partial charge is 0.255 e. The van der Waals surface area contributed by atoms with Gasteiger partial charge in [0.15, 0.2) is 11.6 Å². The van der Waals surface area contributed by atoms with Gasteiger partial charge in [-0.2, -0.15) is 0 Å². The topological polar surface area (TPSA) is 58.6 Å². The zero-order valence-electron chi connectivity index (χ0n) is 14.6. The highest BCUT2D eigenvalue weighted by molar-refractivity contribution is 6.09. The van der Waals surface area contributed by atoms with Crippen molar-refractivity contribution in [2.75, 3.05) is 25.5 Å². The first kappa shape index (κ1) is 17.9. The van der Waals surface area contributed by atoms with E-state index in [4.69, 9.17) is 4.74 Å². The van der Waals surface area contributed by atoms with Crippen LogP contribution in [0.15, 0.2) is 42.5 Å². The molecule has 26 heavy (non-hydrogen) atoms. The van der Waals surface area contributed by atoms with Gasteiger partial charge in [-0.1, -0.05) is 12.1 Å². The number of rotatable bonds is 4. The molecule has 6 heteroatoms. The van der Waals surface area contributed by atoms with Crippen molar-refractivity contribution in [1.29, 1.82) is 0 Å². The first-order valence-electron chi connectivity index (χ1n) is 8.63. The molecule has 0 saturated carbocycles. The maximum atomic E-state index is 13.8. The Kier molecular flexibility index (Phi) is 5.51. The molecule has 2 amide bonds. The average molecular weight is 356 g/mol. The molecule has 0 bridgehead atoms. The molecule has 1 aliphatic rings. The molecule has 5 nitrogen and oxygen atoms in total. The summed E-state index contributed by atoms with van der Waals surface area (Å²) in [6.07, 6.45) is 3.11. The van der Waals surface area contributed by atoms with E-state index in [0.717, 1.165) is 38.4 Å². The summed E-state index contributed by atoms with van der Waals surface area (Å²) in [4.78, 5) is 27.1. The second-order valence-corrected chi connectivity index (χ2v) is 6.20. The van der Waals surface area contributed by atoms with E-state index in [2.05, 4.69) is 5.32 Å². The van der Waals surface area contributed by atoms with Gasteiger partial charge in [0.25, 0.3) is 11.8 Å². The van der Waals surface area contributed by atoms with Crippen LogP contribution in [0.3, 0.4) is 0 Å². The largest absolute Gasteiger partial charge is 0.494 e. The molecular weight excluding hydrogens is 335 g/mol. The minimum absolute atomic E-state index is 0.0715. The van der Waals surface area contributed by atoms with Gasteiger partial charge in [-0.3, -0.25) is 9.59 Å². The number of piperidine rings is 1. The Labute approximate surface area is 151 Å². The lowest BCUT2D eigenvalue weighted by Gasteiger charge is -2.27. The summed E-state index contributed by atoms with van der Waals surface area (Å²) in [5, 5.41) is 2.72. The normalized spacial score (nSPS) is 14.0. The first-order chi connectivity index (χ1) is 12.6. The predicted molar refractivity (Wildman–Crippen MR) is 97.1 cm³/mol. The number of benzene rings is 2. The van der Waals surface area contributed by atoms with Crippen LogP contribution in [0.1, 0.15) is 40.0 Å². The van der Waals surface area contributed by atoms with Crippen molar-refractivity contribution in [3.8, 4) is 5.75 Å². The van der Waals surface area contributed by atoms with Crippen molar-refractivity contribution in [1.82, 2.24) is 4.90 Å². The van der Waals surface area contributed by atoms with Crippen LogP contribution >= 0.6 is 0 Å². The van der Waals surface area contributed by atoms with Crippen molar-refractivity contribution < 1.29 is 18.7 Å². The molecule has 0 unspecified atom stereocenters. The molecule has 1 N–H and O–H groups in total. The molecule has 2 aromatic rings. The van der Waals surface area contributed by atoms with E-state index in [0.29, 0.717) is 11.3 Å². The third kappa shape index (κ3) is 3.85. The number of hydrogen-bond donors (Lipinski definition) is 1. The van der Waals surface area contributed by atoms with Crippen LogP contribution in [0.2, 0.25) is 0 Å². The van der Waals surface area contributed by atoms with Gasteiger partial charge in [0.1, 0.15) is 0 Å². The second kappa shape index (κ2) is 7.99. The molecule has 1 fully saturated rings. The molecule has 0 atom stereocenters. The molecule has 0 radical (unpaired) electrons. The quantitative estimate of drug-likeness (QED) is 0.908. The molecule has 3 rings (SSSR count). The molecular formula is C20H21FN2O3. The van der Waals surface area contributed by atoms with E-state index in [1.54, 1.807) is 24.3 Å². The third-order valence-corrected chi connectivity index (χ3v) is 4.46. The Morgan fingerprint density at radius 2 is 1.81 bits per heavy atom. The Balaban J connectivity index is 1.80. The number of amides is 2. The van der Waals surface area contributed by atoms with Crippen molar-refractivity contribution in [3.05, 3.63) is 59.4 Å². The van der Waals surface area contributed by atoms with Gasteiger partial charge in [-0.05, 0) is 49.6 Å². The number of nitrogens with zero attached hydrogens (tertiary/aromatic N) is 1. The van der Waals surface area contributed by atoms with Crippen LogP contribution in [-0.4, -0.2) is 36.9 Å². The van der Waals surface area contributed by atoms with Crippen LogP contribution in [0.25, 0.3) is 0 Å². The first-order valence-corrected chi connectivity index (χ1v) is 8.63. The van der Waals surface area contributed by atoms with Crippen molar-refractivity contribution in [2.24, 2.45) is 0 Å². The number of para-hydroxylation sites is 1. The number of likely N-dealkylation sites (tertiary alicyclic amines) is 1. The average Bonchev–Trinajstić information content (AvgIpc) is 2.68. The lowest BCUT2D eigenvalue weighted by Crippen LogP contribution is -2.36. The van der Waals surface area contributed by atoms with Crippen molar-refractivity contribution in [3.63, 3.8) is 0 Å². The Bertz CT molecular complexity index is 816. The van der Waals surface area contributed by atoms with E-state index >= 15 is 0 Å². The summed E-state index contributed by atoms with van der Waals surface area (Å²) in [7, 11) is 1.36. The molecule has 136 valence electrons. The number of anilines is 1. The van der Waals surface area contributed by atoms with Crippen LogP contribution < -0.4 is 10.1 Å². The molecule has 0 aliphatic carbocycles. The lowest BCUT2D eigenvalue weighted by molar-refractivity contribution is 0.0725. The fraction of sp³-hybridized carbons (Fsp3) is 0.300. The highest BCUT2D eigenvalue weighted by Crippen LogP contribution is 2.22. The molecule has 0 spiro atoms. The predicted octanol–water partition coefficient (Wildman–Crippen LogP) is 3.71. The maximum absolute atomic E-state index is 13.8. The maximum Gasteiger partial charge on any atom is 0.255 e. The monoisotopic (exact) mass is 356 g/mol. The highest BCUT2D eigenvalue weighted by Gasteiger charge is 2.21. The lowest BCUT2D eigenvalue weighted by atomic mass is 10.1. The van der Waals surface area contributed by atoms with Gasteiger partial charge in [0.05, 0.1) is 18.4 Å². The van der Waals surface area contributed by atoms with Gasteiger partial charge < -0.3 is 15.0 Å². The van der Waals surface area contributed by atoms with E-state index < -0.39 is 11.7 Å². The van der Waals surface area contributed by atoms with E-state index in [-0.39, 0.29) is 17.2 Å². The molecule has 2 aromatic carbocycles. The summed E-state index contributed by atoms with van der Waals surface area (Å²) < 4.78 is 18.7. The standard InChI is InChI=1S/C20H21FN2O3/c1-26-18-10-9-14(13-16(18)21)19(24)22-17-8-4-3-7-15(17)20(25)23-11-5-2-6-12-23/h3-4,7-10,13H,2,5-6,11-12H2,1H3,(H,22,24). The van der Waals surface area contributed by atoms with Crippen LogP contribution in [0, 0.1) is 5.82 Å². The van der Waals surface area contributed by atoms with Crippen LogP contribution in [0.5, 0.6) is 5.75 Å². The summed E-state index contributed by atoms with van der Waals surface area (Å²) in [5.41, 5.74) is 1.02. The van der Waals surface area contributed by atoms with Crippen LogP contribution in [-0.2, 0) is 0 Å². The van der Waals surface area contributed by atoms with E-state index in [1.165, 1.54) is 19.2 Å². The summed E-state index contributed by atoms with van der Waals surface area (Å²) >= 11 is 0. The SMILES string of the molecule is COc1ccc(C(=O)Nc2ccccc2C(=O)N2CCCCC2)cc1F. The van der Waals surface area contributed by atoms with Gasteiger partial charge >= 0.3 is 0 Å². The fourth-order valence-corrected chi connectivity index (χ4v) is 3.05. The number of carbonyl (C=O) groups is 2. The Hall–Kier alpha value is -2.89.